The number of carbonyl (C=O) groups excluding carboxylic acids is 1. The Labute approximate surface area is 142 Å². The largest absolute Gasteiger partial charge is 0.492 e. The molecule has 0 fully saturated rings. The van der Waals surface area contributed by atoms with Gasteiger partial charge in [0.1, 0.15) is 0 Å². The van der Waals surface area contributed by atoms with Crippen molar-refractivity contribution in [3.63, 3.8) is 0 Å². The van der Waals surface area contributed by atoms with Gasteiger partial charge in [-0.05, 0) is 52.7 Å². The Bertz CT molecular complexity index is 705. The van der Waals surface area contributed by atoms with Crippen molar-refractivity contribution in [1.82, 2.24) is 10.4 Å². The maximum Gasteiger partial charge on any atom is 0.272 e. The van der Waals surface area contributed by atoms with Crippen molar-refractivity contribution in [1.29, 1.82) is 0 Å². The zero-order chi connectivity index (χ0) is 16.7. The molecule has 0 unspecified atom stereocenters. The molecular formula is C16H16BrN3O3. The highest BCUT2D eigenvalue weighted by atomic mass is 79.9. The molecule has 1 amide bonds. The van der Waals surface area contributed by atoms with Crippen LogP contribution in [0.1, 0.15) is 22.8 Å². The number of pyridine rings is 1. The topological polar surface area (TPSA) is 72.8 Å². The zero-order valence-electron chi connectivity index (χ0n) is 12.7. The molecular weight excluding hydrogens is 362 g/mol. The highest BCUT2D eigenvalue weighted by Crippen LogP contribution is 2.36. The number of hydrogen-bond donors (Lipinski definition) is 1. The second-order valence-corrected chi connectivity index (χ2v) is 5.26. The van der Waals surface area contributed by atoms with Crippen LogP contribution in [0.3, 0.4) is 0 Å². The lowest BCUT2D eigenvalue weighted by atomic mass is 10.2. The van der Waals surface area contributed by atoms with Crippen LogP contribution < -0.4 is 14.9 Å². The van der Waals surface area contributed by atoms with E-state index in [0.29, 0.717) is 23.7 Å². The molecule has 1 N–H and O–H groups in total. The van der Waals surface area contributed by atoms with Gasteiger partial charge in [0, 0.05) is 12.4 Å². The molecule has 0 aliphatic rings. The van der Waals surface area contributed by atoms with Crippen LogP contribution in [-0.4, -0.2) is 30.8 Å². The SMILES string of the molecule is CCOc1cc(/C=N\NC(=O)c2cccnc2)cc(Br)c1OC. The molecule has 6 nitrogen and oxygen atoms in total. The standard InChI is InChI=1S/C16H16BrN3O3/c1-3-23-14-8-11(7-13(17)15(14)22-2)9-19-20-16(21)12-5-4-6-18-10-12/h4-10H,3H2,1-2H3,(H,20,21)/b19-9-. The summed E-state index contributed by atoms with van der Waals surface area (Å²) in [6.45, 7) is 2.41. The number of nitrogens with one attached hydrogen (secondary N) is 1. The van der Waals surface area contributed by atoms with Crippen molar-refractivity contribution in [3.05, 3.63) is 52.3 Å². The molecule has 0 radical (unpaired) electrons. The van der Waals surface area contributed by atoms with Crippen molar-refractivity contribution in [3.8, 4) is 11.5 Å². The third-order valence-corrected chi connectivity index (χ3v) is 3.43. The van der Waals surface area contributed by atoms with E-state index in [1.165, 1.54) is 12.4 Å². The number of methoxy groups -OCH3 is 1. The van der Waals surface area contributed by atoms with Crippen LogP contribution in [0.2, 0.25) is 0 Å². The summed E-state index contributed by atoms with van der Waals surface area (Å²) in [5.41, 5.74) is 3.65. The molecule has 0 bridgehead atoms. The third kappa shape index (κ3) is 4.53. The van der Waals surface area contributed by atoms with Gasteiger partial charge in [-0.25, -0.2) is 5.43 Å². The summed E-state index contributed by atoms with van der Waals surface area (Å²) >= 11 is 3.42. The Kier molecular flexibility index (Phi) is 6.10. The average molecular weight is 378 g/mol. The van der Waals surface area contributed by atoms with E-state index in [-0.39, 0.29) is 5.91 Å². The van der Waals surface area contributed by atoms with E-state index >= 15 is 0 Å². The lowest BCUT2D eigenvalue weighted by molar-refractivity contribution is 0.0955. The van der Waals surface area contributed by atoms with Crippen LogP contribution in [-0.2, 0) is 0 Å². The maximum atomic E-state index is 11.9. The van der Waals surface area contributed by atoms with Crippen molar-refractivity contribution in [2.45, 2.75) is 6.92 Å². The number of benzene rings is 1. The van der Waals surface area contributed by atoms with E-state index in [0.717, 1.165) is 10.0 Å². The van der Waals surface area contributed by atoms with Crippen molar-refractivity contribution < 1.29 is 14.3 Å². The summed E-state index contributed by atoms with van der Waals surface area (Å²) in [7, 11) is 1.57. The predicted octanol–water partition coefficient (Wildman–Crippen LogP) is 3.02. The normalized spacial score (nSPS) is 10.6. The third-order valence-electron chi connectivity index (χ3n) is 2.84. The minimum absolute atomic E-state index is 0.327. The minimum atomic E-state index is -0.327. The van der Waals surface area contributed by atoms with Crippen molar-refractivity contribution >= 4 is 28.1 Å². The Morgan fingerprint density at radius 2 is 2.30 bits per heavy atom. The van der Waals surface area contributed by atoms with E-state index in [9.17, 15) is 4.79 Å². The molecule has 0 aliphatic heterocycles. The smallest absolute Gasteiger partial charge is 0.272 e. The van der Waals surface area contributed by atoms with E-state index in [1.54, 1.807) is 31.5 Å². The number of ether oxygens (including phenoxy) is 2. The van der Waals surface area contributed by atoms with Gasteiger partial charge in [-0.15, -0.1) is 0 Å². The van der Waals surface area contributed by atoms with Crippen LogP contribution in [0.25, 0.3) is 0 Å². The number of aromatic nitrogens is 1. The fourth-order valence-electron chi connectivity index (χ4n) is 1.85. The van der Waals surface area contributed by atoms with E-state index in [1.807, 2.05) is 13.0 Å². The summed E-state index contributed by atoms with van der Waals surface area (Å²) in [4.78, 5) is 15.7. The van der Waals surface area contributed by atoms with Gasteiger partial charge in [0.2, 0.25) is 0 Å². The molecule has 23 heavy (non-hydrogen) atoms. The Balaban J connectivity index is 2.12. The number of hydrazone groups is 1. The Morgan fingerprint density at radius 3 is 2.96 bits per heavy atom. The first-order valence-corrected chi connectivity index (χ1v) is 7.68. The molecule has 1 heterocycles. The fraction of sp³-hybridized carbons (Fsp3) is 0.188. The second-order valence-electron chi connectivity index (χ2n) is 4.41. The van der Waals surface area contributed by atoms with Crippen molar-refractivity contribution in [2.75, 3.05) is 13.7 Å². The summed E-state index contributed by atoms with van der Waals surface area (Å²) in [6.07, 6.45) is 4.60. The van der Waals surface area contributed by atoms with E-state index < -0.39 is 0 Å². The van der Waals surface area contributed by atoms with Crippen LogP contribution in [0.15, 0.2) is 46.2 Å². The first-order valence-electron chi connectivity index (χ1n) is 6.89. The maximum absolute atomic E-state index is 11.9. The van der Waals surface area contributed by atoms with Gasteiger partial charge in [-0.2, -0.15) is 5.10 Å². The number of hydrogen-bond acceptors (Lipinski definition) is 5. The number of rotatable bonds is 6. The molecule has 1 aromatic heterocycles. The Morgan fingerprint density at radius 1 is 1.48 bits per heavy atom. The number of nitrogens with zero attached hydrogens (tertiary/aromatic N) is 2. The molecule has 2 aromatic rings. The molecule has 7 heteroatoms. The van der Waals surface area contributed by atoms with Crippen LogP contribution >= 0.6 is 15.9 Å². The van der Waals surface area contributed by atoms with Gasteiger partial charge in [-0.1, -0.05) is 0 Å². The monoisotopic (exact) mass is 377 g/mol. The lowest BCUT2D eigenvalue weighted by Gasteiger charge is -2.11. The predicted molar refractivity (Wildman–Crippen MR) is 91.2 cm³/mol. The van der Waals surface area contributed by atoms with Crippen LogP contribution in [0, 0.1) is 0 Å². The molecule has 2 rings (SSSR count). The zero-order valence-corrected chi connectivity index (χ0v) is 14.3. The van der Waals surface area contributed by atoms with Gasteiger partial charge in [0.15, 0.2) is 11.5 Å². The summed E-state index contributed by atoms with van der Waals surface area (Å²) < 4.78 is 11.6. The average Bonchev–Trinajstić information content (AvgIpc) is 2.56. The first-order chi connectivity index (χ1) is 11.2. The van der Waals surface area contributed by atoms with Gasteiger partial charge >= 0.3 is 0 Å². The quantitative estimate of drug-likeness (QED) is 0.620. The van der Waals surface area contributed by atoms with Gasteiger partial charge in [0.25, 0.3) is 5.91 Å². The molecule has 0 spiro atoms. The van der Waals surface area contributed by atoms with Crippen LogP contribution in [0.5, 0.6) is 11.5 Å². The summed E-state index contributed by atoms with van der Waals surface area (Å²) in [5, 5.41) is 3.95. The molecule has 0 saturated heterocycles. The highest BCUT2D eigenvalue weighted by Gasteiger charge is 2.10. The summed E-state index contributed by atoms with van der Waals surface area (Å²) in [6, 6.07) is 6.95. The second kappa shape index (κ2) is 8.28. The molecule has 0 atom stereocenters. The van der Waals surface area contributed by atoms with E-state index in [4.69, 9.17) is 9.47 Å². The van der Waals surface area contributed by atoms with Crippen LogP contribution in [0.4, 0.5) is 0 Å². The number of amides is 1. The van der Waals surface area contributed by atoms with Crippen molar-refractivity contribution in [2.24, 2.45) is 5.10 Å². The molecule has 0 saturated carbocycles. The van der Waals surface area contributed by atoms with E-state index in [2.05, 4.69) is 31.4 Å². The lowest BCUT2D eigenvalue weighted by Crippen LogP contribution is -2.17. The highest BCUT2D eigenvalue weighted by molar-refractivity contribution is 9.10. The minimum Gasteiger partial charge on any atom is -0.492 e. The Hall–Kier alpha value is -2.41. The number of halogens is 1. The van der Waals surface area contributed by atoms with Gasteiger partial charge in [-0.3, -0.25) is 9.78 Å². The van der Waals surface area contributed by atoms with Gasteiger partial charge < -0.3 is 9.47 Å². The first kappa shape index (κ1) is 17.0. The van der Waals surface area contributed by atoms with Gasteiger partial charge in [0.05, 0.1) is 30.0 Å². The number of carbonyl (C=O) groups is 1. The summed E-state index contributed by atoms with van der Waals surface area (Å²) in [5.74, 6) is 0.889. The fourth-order valence-corrected chi connectivity index (χ4v) is 2.47. The molecule has 0 aliphatic carbocycles. The molecule has 120 valence electrons. The molecule has 1 aromatic carbocycles.